The Morgan fingerprint density at radius 1 is 0.962 bits per heavy atom. The number of piperidine rings is 1. The van der Waals surface area contributed by atoms with Gasteiger partial charge in [0.25, 0.3) is 5.56 Å². The van der Waals surface area contributed by atoms with Crippen molar-refractivity contribution in [3.63, 3.8) is 0 Å². The minimum Gasteiger partial charge on any atom is -0.303 e. The van der Waals surface area contributed by atoms with Gasteiger partial charge in [0.2, 0.25) is 0 Å². The lowest BCUT2D eigenvalue weighted by atomic mass is 9.96. The number of fused-ring (bicyclic) bond motifs is 1. The molecular weight excluding hydrogens is 322 g/mol. The maximum absolute atomic E-state index is 12.6. The lowest BCUT2D eigenvalue weighted by Crippen LogP contribution is -2.37. The predicted octanol–water partition coefficient (Wildman–Crippen LogP) is 3.35. The number of nitrogens with zero attached hydrogens (tertiary/aromatic N) is 3. The monoisotopic (exact) mass is 347 g/mol. The second-order valence-corrected chi connectivity index (χ2v) is 7.24. The topological polar surface area (TPSA) is 38.1 Å². The Hall–Kier alpha value is -2.46. The molecule has 1 aromatic heterocycles. The van der Waals surface area contributed by atoms with E-state index in [0.29, 0.717) is 5.92 Å². The Balaban J connectivity index is 1.33. The second kappa shape index (κ2) is 7.83. The van der Waals surface area contributed by atoms with Gasteiger partial charge in [-0.1, -0.05) is 42.5 Å². The van der Waals surface area contributed by atoms with E-state index >= 15 is 0 Å². The summed E-state index contributed by atoms with van der Waals surface area (Å²) >= 11 is 0. The van der Waals surface area contributed by atoms with Crippen LogP contribution >= 0.6 is 0 Å². The SMILES string of the molecule is O=c1c2ccccc2ncn1CC1CCN(CCc2ccccc2)CC1. The zero-order valence-electron chi connectivity index (χ0n) is 15.1. The molecule has 0 N–H and O–H groups in total. The standard InChI is InChI=1S/C22H25N3O/c26-22-20-8-4-5-9-21(20)23-17-25(22)16-19-11-14-24(15-12-19)13-10-18-6-2-1-3-7-18/h1-9,17,19H,10-16H2. The van der Waals surface area contributed by atoms with Crippen LogP contribution in [0.25, 0.3) is 10.9 Å². The Bertz CT molecular complexity index is 911. The number of aromatic nitrogens is 2. The van der Waals surface area contributed by atoms with Gasteiger partial charge < -0.3 is 4.90 Å². The summed E-state index contributed by atoms with van der Waals surface area (Å²) in [6, 6.07) is 18.3. The third kappa shape index (κ3) is 3.86. The van der Waals surface area contributed by atoms with E-state index in [4.69, 9.17) is 0 Å². The van der Waals surface area contributed by atoms with Crippen molar-refractivity contribution in [1.82, 2.24) is 14.5 Å². The molecule has 4 heteroatoms. The van der Waals surface area contributed by atoms with E-state index in [1.165, 1.54) is 5.56 Å². The molecule has 0 saturated carbocycles. The first-order chi connectivity index (χ1) is 12.8. The number of hydrogen-bond donors (Lipinski definition) is 0. The molecule has 26 heavy (non-hydrogen) atoms. The van der Waals surface area contributed by atoms with Crippen molar-refractivity contribution in [3.8, 4) is 0 Å². The first kappa shape index (κ1) is 17.0. The fraction of sp³-hybridized carbons (Fsp3) is 0.364. The lowest BCUT2D eigenvalue weighted by molar-refractivity contribution is 0.174. The van der Waals surface area contributed by atoms with E-state index in [1.807, 2.05) is 24.3 Å². The van der Waals surface area contributed by atoms with E-state index in [0.717, 1.165) is 56.3 Å². The molecule has 4 nitrogen and oxygen atoms in total. The van der Waals surface area contributed by atoms with Gasteiger partial charge in [-0.15, -0.1) is 0 Å². The highest BCUT2D eigenvalue weighted by molar-refractivity contribution is 5.76. The summed E-state index contributed by atoms with van der Waals surface area (Å²) in [6.45, 7) is 4.14. The Kier molecular flexibility index (Phi) is 5.12. The predicted molar refractivity (Wildman–Crippen MR) is 105 cm³/mol. The molecule has 134 valence electrons. The molecule has 0 amide bonds. The van der Waals surface area contributed by atoms with Crippen LogP contribution in [0.2, 0.25) is 0 Å². The van der Waals surface area contributed by atoms with Gasteiger partial charge in [-0.05, 0) is 56.0 Å². The van der Waals surface area contributed by atoms with Crippen LogP contribution < -0.4 is 5.56 Å². The highest BCUT2D eigenvalue weighted by Gasteiger charge is 2.20. The molecule has 3 aromatic rings. The molecule has 0 atom stereocenters. The second-order valence-electron chi connectivity index (χ2n) is 7.24. The van der Waals surface area contributed by atoms with Crippen LogP contribution in [0.3, 0.4) is 0 Å². The third-order valence-electron chi connectivity index (χ3n) is 5.45. The largest absolute Gasteiger partial charge is 0.303 e. The molecule has 1 saturated heterocycles. The molecule has 0 spiro atoms. The maximum atomic E-state index is 12.6. The summed E-state index contributed by atoms with van der Waals surface area (Å²) < 4.78 is 1.80. The smallest absolute Gasteiger partial charge is 0.261 e. The molecular formula is C22H25N3O. The molecule has 0 radical (unpaired) electrons. The number of hydrogen-bond acceptors (Lipinski definition) is 3. The summed E-state index contributed by atoms with van der Waals surface area (Å²) in [5, 5.41) is 0.718. The van der Waals surface area contributed by atoms with Crippen LogP contribution in [-0.4, -0.2) is 34.1 Å². The highest BCUT2D eigenvalue weighted by Crippen LogP contribution is 2.19. The maximum Gasteiger partial charge on any atom is 0.261 e. The minimum atomic E-state index is 0.0853. The molecule has 1 fully saturated rings. The van der Waals surface area contributed by atoms with Gasteiger partial charge in [0.1, 0.15) is 0 Å². The Morgan fingerprint density at radius 2 is 1.69 bits per heavy atom. The zero-order chi connectivity index (χ0) is 17.8. The number of rotatable bonds is 5. The van der Waals surface area contributed by atoms with Crippen molar-refractivity contribution < 1.29 is 0 Å². The third-order valence-corrected chi connectivity index (χ3v) is 5.45. The zero-order valence-corrected chi connectivity index (χ0v) is 15.1. The summed E-state index contributed by atoms with van der Waals surface area (Å²) in [7, 11) is 0. The lowest BCUT2D eigenvalue weighted by Gasteiger charge is -2.32. The van der Waals surface area contributed by atoms with Crippen LogP contribution in [0.4, 0.5) is 0 Å². The van der Waals surface area contributed by atoms with Gasteiger partial charge in [0.05, 0.1) is 17.2 Å². The number of likely N-dealkylation sites (tertiary alicyclic amines) is 1. The van der Waals surface area contributed by atoms with Gasteiger partial charge in [-0.25, -0.2) is 4.98 Å². The van der Waals surface area contributed by atoms with E-state index in [9.17, 15) is 4.79 Å². The van der Waals surface area contributed by atoms with Gasteiger partial charge in [0.15, 0.2) is 0 Å². The minimum absolute atomic E-state index is 0.0853. The van der Waals surface area contributed by atoms with Crippen molar-refractivity contribution in [1.29, 1.82) is 0 Å². The average molecular weight is 347 g/mol. The molecule has 0 unspecified atom stereocenters. The molecule has 2 heterocycles. The van der Waals surface area contributed by atoms with E-state index < -0.39 is 0 Å². The van der Waals surface area contributed by atoms with Gasteiger partial charge in [0, 0.05) is 13.1 Å². The van der Waals surface area contributed by atoms with Crippen molar-refractivity contribution in [2.45, 2.75) is 25.8 Å². The van der Waals surface area contributed by atoms with Crippen LogP contribution in [0.15, 0.2) is 65.7 Å². The molecule has 4 rings (SSSR count). The molecule has 0 aliphatic carbocycles. The van der Waals surface area contributed by atoms with Crippen LogP contribution in [0, 0.1) is 5.92 Å². The van der Waals surface area contributed by atoms with E-state index in [1.54, 1.807) is 10.9 Å². The summed E-state index contributed by atoms with van der Waals surface area (Å²) in [4.78, 5) is 19.6. The number of benzene rings is 2. The molecule has 2 aromatic carbocycles. The van der Waals surface area contributed by atoms with Crippen LogP contribution in [-0.2, 0) is 13.0 Å². The quantitative estimate of drug-likeness (QED) is 0.710. The highest BCUT2D eigenvalue weighted by atomic mass is 16.1. The van der Waals surface area contributed by atoms with Crippen molar-refractivity contribution in [2.24, 2.45) is 5.92 Å². The van der Waals surface area contributed by atoms with E-state index in [-0.39, 0.29) is 5.56 Å². The summed E-state index contributed by atoms with van der Waals surface area (Å²) in [6.07, 6.45) is 5.12. The fourth-order valence-corrected chi connectivity index (χ4v) is 3.84. The summed E-state index contributed by atoms with van der Waals surface area (Å²) in [5.74, 6) is 0.559. The molecule has 0 bridgehead atoms. The number of para-hydroxylation sites is 1. The Morgan fingerprint density at radius 3 is 2.50 bits per heavy atom. The molecule has 1 aliphatic rings. The van der Waals surface area contributed by atoms with Crippen molar-refractivity contribution in [2.75, 3.05) is 19.6 Å². The first-order valence-corrected chi connectivity index (χ1v) is 9.50. The first-order valence-electron chi connectivity index (χ1n) is 9.50. The van der Waals surface area contributed by atoms with Crippen LogP contribution in [0.1, 0.15) is 18.4 Å². The van der Waals surface area contributed by atoms with Gasteiger partial charge >= 0.3 is 0 Å². The van der Waals surface area contributed by atoms with Gasteiger partial charge in [-0.2, -0.15) is 0 Å². The van der Waals surface area contributed by atoms with Crippen molar-refractivity contribution in [3.05, 3.63) is 76.8 Å². The van der Waals surface area contributed by atoms with Crippen molar-refractivity contribution >= 4 is 10.9 Å². The summed E-state index contributed by atoms with van der Waals surface area (Å²) in [5.41, 5.74) is 2.27. The fourth-order valence-electron chi connectivity index (χ4n) is 3.84. The van der Waals surface area contributed by atoms with Gasteiger partial charge in [-0.3, -0.25) is 9.36 Å². The van der Waals surface area contributed by atoms with E-state index in [2.05, 4.69) is 40.2 Å². The normalized spacial score (nSPS) is 16.2. The Labute approximate surface area is 154 Å². The molecule has 1 aliphatic heterocycles. The van der Waals surface area contributed by atoms with Crippen LogP contribution in [0.5, 0.6) is 0 Å². The average Bonchev–Trinajstić information content (AvgIpc) is 2.70.